The number of rotatable bonds is 7. The highest BCUT2D eigenvalue weighted by Gasteiger charge is 2.15. The van der Waals surface area contributed by atoms with Crippen LogP contribution in [0.2, 0.25) is 0 Å². The Kier molecular flexibility index (Phi) is 6.26. The van der Waals surface area contributed by atoms with Crippen LogP contribution in [0.5, 0.6) is 5.75 Å². The van der Waals surface area contributed by atoms with Gasteiger partial charge < -0.3 is 10.1 Å². The number of anilines is 2. The van der Waals surface area contributed by atoms with Gasteiger partial charge in [0, 0.05) is 11.4 Å². The van der Waals surface area contributed by atoms with E-state index in [0.29, 0.717) is 5.75 Å². The third-order valence-corrected chi connectivity index (χ3v) is 5.44. The quantitative estimate of drug-likeness (QED) is 0.429. The van der Waals surface area contributed by atoms with Crippen molar-refractivity contribution in [3.63, 3.8) is 0 Å². The Morgan fingerprint density at radius 3 is 2.71 bits per heavy atom. The highest BCUT2D eigenvalue weighted by atomic mass is 32.1. The van der Waals surface area contributed by atoms with Crippen molar-refractivity contribution in [1.29, 1.82) is 0 Å². The molecule has 0 spiro atoms. The smallest absolute Gasteiger partial charge is 0.262 e. The number of hydrogen-bond acceptors (Lipinski definition) is 6. The minimum atomic E-state index is -0.194. The topological polar surface area (TPSA) is 75.6 Å². The highest BCUT2D eigenvalue weighted by molar-refractivity contribution is 7.22. The number of fused-ring (bicyclic) bond motifs is 1. The summed E-state index contributed by atoms with van der Waals surface area (Å²) in [6.07, 6.45) is 0.886. The van der Waals surface area contributed by atoms with Gasteiger partial charge in [0.05, 0.1) is 10.2 Å². The van der Waals surface area contributed by atoms with Crippen LogP contribution in [0.3, 0.4) is 0 Å². The van der Waals surface area contributed by atoms with E-state index >= 15 is 0 Å². The molecular formula is C21H24N4O2S. The van der Waals surface area contributed by atoms with E-state index in [1.807, 2.05) is 57.2 Å². The number of nitrogens with zero attached hydrogens (tertiary/aromatic N) is 2. The number of benzene rings is 2. The molecule has 0 aliphatic heterocycles. The van der Waals surface area contributed by atoms with Crippen LogP contribution in [-0.4, -0.2) is 23.2 Å². The average molecular weight is 397 g/mol. The van der Waals surface area contributed by atoms with Crippen molar-refractivity contribution < 1.29 is 9.53 Å². The number of para-hydroxylation sites is 1. The summed E-state index contributed by atoms with van der Waals surface area (Å²) in [6.45, 7) is 7.95. The van der Waals surface area contributed by atoms with Gasteiger partial charge in [0.25, 0.3) is 5.91 Å². The Hall–Kier alpha value is -2.93. The first kappa shape index (κ1) is 19.8. The fourth-order valence-electron chi connectivity index (χ4n) is 2.69. The fraction of sp³-hybridized carbons (Fsp3) is 0.286. The van der Waals surface area contributed by atoms with E-state index < -0.39 is 0 Å². The molecule has 146 valence electrons. The van der Waals surface area contributed by atoms with Crippen molar-refractivity contribution in [3.05, 3.63) is 47.5 Å². The number of carbonyl (C=O) groups excluding carboxylic acids is 1. The number of hydrazone groups is 1. The number of aromatic nitrogens is 1. The van der Waals surface area contributed by atoms with Crippen molar-refractivity contribution in [2.75, 3.05) is 17.3 Å². The summed E-state index contributed by atoms with van der Waals surface area (Å²) in [5.74, 6) is 0.475. The molecule has 3 rings (SSSR count). The molecule has 0 aliphatic rings. The molecule has 0 saturated heterocycles. The number of thiazole rings is 1. The molecule has 0 atom stereocenters. The molecule has 0 bridgehead atoms. The lowest BCUT2D eigenvalue weighted by atomic mass is 10.1. The van der Waals surface area contributed by atoms with E-state index in [-0.39, 0.29) is 12.5 Å². The summed E-state index contributed by atoms with van der Waals surface area (Å²) < 4.78 is 6.55. The lowest BCUT2D eigenvalue weighted by molar-refractivity contribution is -0.118. The molecular weight excluding hydrogens is 372 g/mol. The van der Waals surface area contributed by atoms with Gasteiger partial charge in [0.1, 0.15) is 5.75 Å². The second-order valence-electron chi connectivity index (χ2n) is 6.52. The first-order valence-corrected chi connectivity index (χ1v) is 9.97. The minimum Gasteiger partial charge on any atom is -0.484 e. The van der Waals surface area contributed by atoms with Gasteiger partial charge in [-0.1, -0.05) is 36.5 Å². The molecule has 28 heavy (non-hydrogen) atoms. The molecule has 1 heterocycles. The maximum Gasteiger partial charge on any atom is 0.262 e. The van der Waals surface area contributed by atoms with Gasteiger partial charge in [-0.05, 0) is 56.5 Å². The van der Waals surface area contributed by atoms with Crippen LogP contribution in [0.1, 0.15) is 31.4 Å². The van der Waals surface area contributed by atoms with Crippen molar-refractivity contribution >= 4 is 44.0 Å². The van der Waals surface area contributed by atoms with Crippen molar-refractivity contribution in [1.82, 2.24) is 4.98 Å². The van der Waals surface area contributed by atoms with E-state index in [4.69, 9.17) is 4.74 Å². The van der Waals surface area contributed by atoms with E-state index in [9.17, 15) is 4.79 Å². The molecule has 0 aliphatic carbocycles. The number of nitrogens with one attached hydrogen (secondary N) is 2. The average Bonchev–Trinajstić information content (AvgIpc) is 3.11. The first-order valence-electron chi connectivity index (χ1n) is 9.15. The Balaban J connectivity index is 1.76. The molecule has 2 aromatic carbocycles. The summed E-state index contributed by atoms with van der Waals surface area (Å²) in [5, 5.41) is 8.03. The third kappa shape index (κ3) is 4.67. The predicted octanol–water partition coefficient (Wildman–Crippen LogP) is 5.13. The zero-order chi connectivity index (χ0) is 20.1. The molecule has 0 unspecified atom stereocenters. The fourth-order valence-corrected chi connectivity index (χ4v) is 3.58. The molecule has 6 nitrogen and oxygen atoms in total. The van der Waals surface area contributed by atoms with Crippen LogP contribution in [0.15, 0.2) is 41.5 Å². The Morgan fingerprint density at radius 2 is 2.00 bits per heavy atom. The summed E-state index contributed by atoms with van der Waals surface area (Å²) >= 11 is 1.52. The van der Waals surface area contributed by atoms with E-state index in [2.05, 4.69) is 27.8 Å². The standard InChI is InChI=1S/C21H24N4O2S/c1-5-14(3)24-25-21-22-17-11-13(2)19(15(4)20(17)28-21)23-18(26)12-27-16-9-7-6-8-10-16/h6-11H,5,12H2,1-4H3,(H,22,25)(H,23,26)/b24-14-. The second kappa shape index (κ2) is 8.84. The largest absolute Gasteiger partial charge is 0.484 e. The monoisotopic (exact) mass is 396 g/mol. The van der Waals surface area contributed by atoms with Crippen LogP contribution in [0, 0.1) is 13.8 Å². The number of carbonyl (C=O) groups is 1. The molecule has 1 amide bonds. The van der Waals surface area contributed by atoms with Gasteiger partial charge in [-0.15, -0.1) is 0 Å². The van der Waals surface area contributed by atoms with Crippen LogP contribution < -0.4 is 15.5 Å². The molecule has 0 radical (unpaired) electrons. The van der Waals surface area contributed by atoms with Crippen LogP contribution in [-0.2, 0) is 4.79 Å². The van der Waals surface area contributed by atoms with Crippen LogP contribution in [0.4, 0.5) is 10.8 Å². The first-order chi connectivity index (χ1) is 13.5. The summed E-state index contributed by atoms with van der Waals surface area (Å²) in [5.41, 5.74) is 7.68. The van der Waals surface area contributed by atoms with E-state index in [1.54, 1.807) is 0 Å². The number of ether oxygens (including phenoxy) is 1. The molecule has 3 aromatic rings. The third-order valence-electron chi connectivity index (χ3n) is 4.35. The van der Waals surface area contributed by atoms with Crippen molar-refractivity contribution in [2.45, 2.75) is 34.1 Å². The van der Waals surface area contributed by atoms with E-state index in [0.717, 1.165) is 44.3 Å². The number of amides is 1. The molecule has 0 fully saturated rings. The number of aryl methyl sites for hydroxylation is 2. The zero-order valence-electron chi connectivity index (χ0n) is 16.5. The Bertz CT molecular complexity index is 1010. The highest BCUT2D eigenvalue weighted by Crippen LogP contribution is 2.35. The number of hydrogen-bond donors (Lipinski definition) is 2. The van der Waals surface area contributed by atoms with Crippen LogP contribution >= 0.6 is 11.3 Å². The zero-order valence-corrected chi connectivity index (χ0v) is 17.3. The van der Waals surface area contributed by atoms with E-state index in [1.165, 1.54) is 11.3 Å². The second-order valence-corrected chi connectivity index (χ2v) is 7.52. The molecule has 7 heteroatoms. The van der Waals surface area contributed by atoms with Gasteiger partial charge in [-0.25, -0.2) is 4.98 Å². The SMILES string of the molecule is CC/C(C)=N\Nc1nc2cc(C)c(NC(=O)COc3ccccc3)c(C)c2s1. The molecule has 2 N–H and O–H groups in total. The molecule has 0 saturated carbocycles. The van der Waals surface area contributed by atoms with Gasteiger partial charge >= 0.3 is 0 Å². The Labute approximate surface area is 168 Å². The molecule has 1 aromatic heterocycles. The van der Waals surface area contributed by atoms with Crippen LogP contribution in [0.25, 0.3) is 10.2 Å². The van der Waals surface area contributed by atoms with Crippen molar-refractivity contribution in [3.8, 4) is 5.75 Å². The van der Waals surface area contributed by atoms with Gasteiger partial charge in [0.2, 0.25) is 5.13 Å². The summed E-state index contributed by atoms with van der Waals surface area (Å²) in [4.78, 5) is 17.0. The summed E-state index contributed by atoms with van der Waals surface area (Å²) in [6, 6.07) is 11.3. The van der Waals surface area contributed by atoms with Gasteiger partial charge in [0.15, 0.2) is 6.61 Å². The minimum absolute atomic E-state index is 0.0402. The van der Waals surface area contributed by atoms with Gasteiger partial charge in [-0.2, -0.15) is 5.10 Å². The predicted molar refractivity (Wildman–Crippen MR) is 117 cm³/mol. The maximum atomic E-state index is 12.4. The maximum absolute atomic E-state index is 12.4. The lowest BCUT2D eigenvalue weighted by Gasteiger charge is -2.13. The summed E-state index contributed by atoms with van der Waals surface area (Å²) in [7, 11) is 0. The van der Waals surface area contributed by atoms with Gasteiger partial charge in [-0.3, -0.25) is 10.2 Å². The lowest BCUT2D eigenvalue weighted by Crippen LogP contribution is -2.21. The Morgan fingerprint density at radius 1 is 1.25 bits per heavy atom. The van der Waals surface area contributed by atoms with Crippen molar-refractivity contribution in [2.24, 2.45) is 5.10 Å². The normalized spacial score (nSPS) is 11.5.